The van der Waals surface area contributed by atoms with E-state index in [4.69, 9.17) is 0 Å². The van der Waals surface area contributed by atoms with Crippen LogP contribution in [0.15, 0.2) is 35.2 Å². The first-order valence-corrected chi connectivity index (χ1v) is 8.98. The molecule has 0 bridgehead atoms. The molecular weight excluding hydrogens is 336 g/mol. The van der Waals surface area contributed by atoms with Gasteiger partial charge in [0.1, 0.15) is 5.82 Å². The van der Waals surface area contributed by atoms with Crippen molar-refractivity contribution >= 4 is 35.1 Å². The summed E-state index contributed by atoms with van der Waals surface area (Å²) in [5.41, 5.74) is 1.61. The van der Waals surface area contributed by atoms with Gasteiger partial charge in [0.2, 0.25) is 11.8 Å². The molecule has 2 amide bonds. The summed E-state index contributed by atoms with van der Waals surface area (Å²) in [4.78, 5) is 24.1. The van der Waals surface area contributed by atoms with Crippen LogP contribution in [0.3, 0.4) is 0 Å². The smallest absolute Gasteiger partial charge is 0.235 e. The molecule has 1 aromatic carbocycles. The van der Waals surface area contributed by atoms with Gasteiger partial charge in [-0.15, -0.1) is 11.8 Å². The van der Waals surface area contributed by atoms with Crippen LogP contribution in [0.4, 0.5) is 11.5 Å². The third-order valence-corrected chi connectivity index (χ3v) is 4.47. The standard InChI is InChI=1S/C18H24N4O2S/c1-12(23)19-13-6-8-14(9-7-13)25-11-17(24)20-16-10-15(18(2,3)4)21-22(16)5/h6-10H,11H2,1-5H3,(H,19,23)(H,20,24). The predicted octanol–water partition coefficient (Wildman–Crippen LogP) is 3.41. The van der Waals surface area contributed by atoms with E-state index in [9.17, 15) is 9.59 Å². The molecule has 0 spiro atoms. The summed E-state index contributed by atoms with van der Waals surface area (Å²) in [7, 11) is 1.82. The molecule has 0 unspecified atom stereocenters. The molecule has 2 N–H and O–H groups in total. The second kappa shape index (κ2) is 7.74. The van der Waals surface area contributed by atoms with E-state index in [2.05, 4.69) is 36.5 Å². The normalized spacial score (nSPS) is 11.2. The quantitative estimate of drug-likeness (QED) is 0.801. The number of rotatable bonds is 5. The minimum atomic E-state index is -0.106. The van der Waals surface area contributed by atoms with Crippen molar-refractivity contribution in [2.24, 2.45) is 7.05 Å². The third-order valence-electron chi connectivity index (χ3n) is 3.46. The number of hydrogen-bond acceptors (Lipinski definition) is 4. The van der Waals surface area contributed by atoms with E-state index in [1.165, 1.54) is 18.7 Å². The zero-order chi connectivity index (χ0) is 18.6. The van der Waals surface area contributed by atoms with Crippen molar-refractivity contribution in [3.63, 3.8) is 0 Å². The zero-order valence-corrected chi connectivity index (χ0v) is 16.0. The summed E-state index contributed by atoms with van der Waals surface area (Å²) in [6, 6.07) is 9.30. The molecule has 7 heteroatoms. The Hall–Kier alpha value is -2.28. The number of aromatic nitrogens is 2. The molecule has 0 fully saturated rings. The highest BCUT2D eigenvalue weighted by Crippen LogP contribution is 2.24. The first kappa shape index (κ1) is 19.1. The molecule has 6 nitrogen and oxygen atoms in total. The third kappa shape index (κ3) is 5.63. The molecule has 1 heterocycles. The first-order valence-electron chi connectivity index (χ1n) is 8.00. The van der Waals surface area contributed by atoms with Gasteiger partial charge in [0.05, 0.1) is 11.4 Å². The number of hydrogen-bond donors (Lipinski definition) is 2. The Morgan fingerprint density at radius 1 is 1.16 bits per heavy atom. The van der Waals surface area contributed by atoms with Crippen molar-refractivity contribution in [1.29, 1.82) is 0 Å². The van der Waals surface area contributed by atoms with Crippen LogP contribution in [0.1, 0.15) is 33.4 Å². The fraction of sp³-hybridized carbons (Fsp3) is 0.389. The Morgan fingerprint density at radius 2 is 1.80 bits per heavy atom. The highest BCUT2D eigenvalue weighted by Gasteiger charge is 2.19. The van der Waals surface area contributed by atoms with Gasteiger partial charge in [-0.1, -0.05) is 20.8 Å². The predicted molar refractivity (Wildman–Crippen MR) is 102 cm³/mol. The van der Waals surface area contributed by atoms with Gasteiger partial charge in [0.15, 0.2) is 0 Å². The van der Waals surface area contributed by atoms with Crippen LogP contribution < -0.4 is 10.6 Å². The highest BCUT2D eigenvalue weighted by molar-refractivity contribution is 8.00. The number of thioether (sulfide) groups is 1. The van der Waals surface area contributed by atoms with Crippen LogP contribution in [0, 0.1) is 0 Å². The number of nitrogens with one attached hydrogen (secondary N) is 2. The lowest BCUT2D eigenvalue weighted by Crippen LogP contribution is -2.16. The van der Waals surface area contributed by atoms with Crippen molar-refractivity contribution in [3.8, 4) is 0 Å². The molecule has 0 aliphatic carbocycles. The lowest BCUT2D eigenvalue weighted by atomic mass is 9.92. The van der Waals surface area contributed by atoms with Gasteiger partial charge >= 0.3 is 0 Å². The average molecular weight is 360 g/mol. The second-order valence-electron chi connectivity index (χ2n) is 6.83. The number of nitrogens with zero attached hydrogens (tertiary/aromatic N) is 2. The maximum absolute atomic E-state index is 12.2. The molecule has 0 saturated carbocycles. The van der Waals surface area contributed by atoms with Crippen LogP contribution in [-0.2, 0) is 22.1 Å². The topological polar surface area (TPSA) is 76.0 Å². The number of anilines is 2. The maximum atomic E-state index is 12.2. The van der Waals surface area contributed by atoms with Gasteiger partial charge in [-0.3, -0.25) is 14.3 Å². The van der Waals surface area contributed by atoms with Crippen molar-refractivity contribution in [1.82, 2.24) is 9.78 Å². The molecular formula is C18H24N4O2S. The van der Waals surface area contributed by atoms with Crippen molar-refractivity contribution < 1.29 is 9.59 Å². The molecule has 134 valence electrons. The molecule has 2 rings (SSSR count). The Labute approximate surface area is 152 Å². The van der Waals surface area contributed by atoms with Gasteiger partial charge < -0.3 is 10.6 Å². The van der Waals surface area contributed by atoms with E-state index in [1.54, 1.807) is 4.68 Å². The summed E-state index contributed by atoms with van der Waals surface area (Å²) in [5.74, 6) is 0.803. The number of carbonyl (C=O) groups excluding carboxylic acids is 2. The van der Waals surface area contributed by atoms with Crippen LogP contribution in [0.25, 0.3) is 0 Å². The van der Waals surface area contributed by atoms with Crippen LogP contribution in [0.5, 0.6) is 0 Å². The van der Waals surface area contributed by atoms with E-state index in [-0.39, 0.29) is 17.2 Å². The van der Waals surface area contributed by atoms with Gasteiger partial charge in [-0.25, -0.2) is 0 Å². The average Bonchev–Trinajstić information content (AvgIpc) is 2.87. The number of aryl methyl sites for hydroxylation is 1. The SMILES string of the molecule is CC(=O)Nc1ccc(SCC(=O)Nc2cc(C(C)(C)C)nn2C)cc1. The molecule has 0 aliphatic heterocycles. The molecule has 1 aromatic heterocycles. The van der Waals surface area contributed by atoms with Crippen LogP contribution in [-0.4, -0.2) is 27.3 Å². The molecule has 0 atom stereocenters. The van der Waals surface area contributed by atoms with Crippen molar-refractivity contribution in [2.45, 2.75) is 38.0 Å². The maximum Gasteiger partial charge on any atom is 0.235 e. The number of amides is 2. The zero-order valence-electron chi connectivity index (χ0n) is 15.2. The summed E-state index contributed by atoms with van der Waals surface area (Å²) in [6.45, 7) is 7.72. The van der Waals surface area contributed by atoms with Gasteiger partial charge in [-0.05, 0) is 24.3 Å². The minimum absolute atomic E-state index is 0.0643. The number of benzene rings is 1. The van der Waals surface area contributed by atoms with Crippen molar-refractivity contribution in [3.05, 3.63) is 36.0 Å². The molecule has 0 aliphatic rings. The van der Waals surface area contributed by atoms with Gasteiger partial charge in [0, 0.05) is 36.0 Å². The summed E-state index contributed by atoms with van der Waals surface area (Å²) in [6.07, 6.45) is 0. The fourth-order valence-electron chi connectivity index (χ4n) is 2.12. The largest absolute Gasteiger partial charge is 0.326 e. The van der Waals surface area contributed by atoms with Crippen LogP contribution >= 0.6 is 11.8 Å². The van der Waals surface area contributed by atoms with Gasteiger partial charge in [-0.2, -0.15) is 5.10 Å². The van der Waals surface area contributed by atoms with E-state index in [1.807, 2.05) is 37.4 Å². The first-order chi connectivity index (χ1) is 11.6. The lowest BCUT2D eigenvalue weighted by molar-refractivity contribution is -0.114. The molecule has 25 heavy (non-hydrogen) atoms. The fourth-order valence-corrected chi connectivity index (χ4v) is 2.81. The number of carbonyl (C=O) groups is 2. The summed E-state index contributed by atoms with van der Waals surface area (Å²) >= 11 is 1.44. The minimum Gasteiger partial charge on any atom is -0.326 e. The lowest BCUT2D eigenvalue weighted by Gasteiger charge is -2.13. The second-order valence-corrected chi connectivity index (χ2v) is 7.88. The Kier molecular flexibility index (Phi) is 5.89. The van der Waals surface area contributed by atoms with E-state index in [0.29, 0.717) is 11.6 Å². The van der Waals surface area contributed by atoms with E-state index in [0.717, 1.165) is 16.3 Å². The molecule has 2 aromatic rings. The van der Waals surface area contributed by atoms with Gasteiger partial charge in [0.25, 0.3) is 0 Å². The summed E-state index contributed by atoms with van der Waals surface area (Å²) < 4.78 is 1.69. The van der Waals surface area contributed by atoms with E-state index < -0.39 is 0 Å². The Morgan fingerprint density at radius 3 is 2.32 bits per heavy atom. The highest BCUT2D eigenvalue weighted by atomic mass is 32.2. The molecule has 0 saturated heterocycles. The Balaban J connectivity index is 1.91. The Bertz CT molecular complexity index is 760. The summed E-state index contributed by atoms with van der Waals surface area (Å²) in [5, 5.41) is 10.1. The monoisotopic (exact) mass is 360 g/mol. The van der Waals surface area contributed by atoms with E-state index >= 15 is 0 Å². The van der Waals surface area contributed by atoms with Crippen molar-refractivity contribution in [2.75, 3.05) is 16.4 Å². The van der Waals surface area contributed by atoms with Crippen LogP contribution in [0.2, 0.25) is 0 Å². The molecule has 0 radical (unpaired) electrons.